The zero-order chi connectivity index (χ0) is 18.1. The quantitative estimate of drug-likeness (QED) is 0.857. The summed E-state index contributed by atoms with van der Waals surface area (Å²) in [6.07, 6.45) is 5.26. The maximum absolute atomic E-state index is 12.8. The summed E-state index contributed by atoms with van der Waals surface area (Å²) < 4.78 is 35.8. The molecule has 1 atom stereocenters. The fourth-order valence-corrected chi connectivity index (χ4v) is 5.26. The summed E-state index contributed by atoms with van der Waals surface area (Å²) in [7, 11) is -1.88. The first-order chi connectivity index (χ1) is 12.6. The number of nitrogens with one attached hydrogen (secondary N) is 1. The van der Waals surface area contributed by atoms with E-state index in [-0.39, 0.29) is 6.04 Å². The number of hydrogen-bond donors (Lipinski definition) is 1. The van der Waals surface area contributed by atoms with E-state index in [1.165, 1.54) is 11.1 Å². The molecule has 0 amide bonds. The summed E-state index contributed by atoms with van der Waals surface area (Å²) in [4.78, 5) is 0.377. The van der Waals surface area contributed by atoms with Gasteiger partial charge in [-0.15, -0.1) is 10.2 Å². The number of fused-ring (bicyclic) bond motifs is 2. The molecule has 8 heteroatoms. The number of hydrogen-bond acceptors (Lipinski definition) is 5. The van der Waals surface area contributed by atoms with Gasteiger partial charge in [0.15, 0.2) is 5.82 Å². The van der Waals surface area contributed by atoms with Crippen LogP contribution >= 0.6 is 0 Å². The number of nitrogens with zero attached hydrogens (tertiary/aromatic N) is 3. The number of sulfonamides is 1. The topological polar surface area (TPSA) is 86.1 Å². The van der Waals surface area contributed by atoms with E-state index in [1.807, 2.05) is 16.7 Å². The lowest BCUT2D eigenvalue weighted by atomic mass is 10.1. The van der Waals surface area contributed by atoms with Crippen LogP contribution in [-0.2, 0) is 47.2 Å². The van der Waals surface area contributed by atoms with Gasteiger partial charge >= 0.3 is 0 Å². The van der Waals surface area contributed by atoms with Gasteiger partial charge in [0.05, 0.1) is 4.90 Å². The highest BCUT2D eigenvalue weighted by Crippen LogP contribution is 2.25. The molecule has 1 aliphatic carbocycles. The van der Waals surface area contributed by atoms with E-state index in [0.717, 1.165) is 37.3 Å². The molecule has 1 unspecified atom stereocenters. The Bertz CT molecular complexity index is 907. The van der Waals surface area contributed by atoms with Crippen LogP contribution in [0, 0.1) is 0 Å². The summed E-state index contributed by atoms with van der Waals surface area (Å²) in [6.45, 7) is 1.11. The lowest BCUT2D eigenvalue weighted by Gasteiger charge is -2.17. The van der Waals surface area contributed by atoms with E-state index in [9.17, 15) is 8.42 Å². The fourth-order valence-electron chi connectivity index (χ4n) is 3.90. The monoisotopic (exact) mass is 376 g/mol. The Balaban J connectivity index is 1.47. The molecule has 1 aromatic heterocycles. The lowest BCUT2D eigenvalue weighted by Crippen LogP contribution is -2.35. The van der Waals surface area contributed by atoms with Gasteiger partial charge in [0.2, 0.25) is 10.0 Å². The standard InChI is InChI=1S/C18H24N4O3S/c1-25-12-18-20-19-17-8-6-15(9-10-22(17)18)21-26(23,24)16-7-5-13-3-2-4-14(13)11-16/h5,7,11,15,21H,2-4,6,8-10,12H2,1H3. The van der Waals surface area contributed by atoms with Crippen LogP contribution in [0.1, 0.15) is 42.0 Å². The minimum absolute atomic E-state index is 0.106. The lowest BCUT2D eigenvalue weighted by molar-refractivity contribution is 0.173. The van der Waals surface area contributed by atoms with Gasteiger partial charge in [-0.05, 0) is 55.4 Å². The molecule has 140 valence electrons. The molecule has 1 N–H and O–H groups in total. The second kappa shape index (κ2) is 7.09. The molecule has 1 aliphatic heterocycles. The van der Waals surface area contributed by atoms with Crippen LogP contribution in [0.5, 0.6) is 0 Å². The van der Waals surface area contributed by atoms with E-state index in [0.29, 0.717) is 30.9 Å². The Morgan fingerprint density at radius 3 is 2.88 bits per heavy atom. The summed E-state index contributed by atoms with van der Waals surface area (Å²) in [5, 5.41) is 8.38. The largest absolute Gasteiger partial charge is 0.377 e. The average Bonchev–Trinajstić information content (AvgIpc) is 3.19. The highest BCUT2D eigenvalue weighted by molar-refractivity contribution is 7.89. The zero-order valence-electron chi connectivity index (χ0n) is 14.9. The first-order valence-electron chi connectivity index (χ1n) is 9.11. The fraction of sp³-hybridized carbons (Fsp3) is 0.556. The molecule has 0 fully saturated rings. The molecule has 0 saturated heterocycles. The SMILES string of the molecule is COCc1nnc2n1CCC(NS(=O)(=O)c1ccc3c(c1)CCC3)CC2. The Morgan fingerprint density at radius 2 is 2.04 bits per heavy atom. The van der Waals surface area contributed by atoms with Crippen molar-refractivity contribution < 1.29 is 13.2 Å². The number of ether oxygens (including phenoxy) is 1. The van der Waals surface area contributed by atoms with Crippen LogP contribution in [0.3, 0.4) is 0 Å². The van der Waals surface area contributed by atoms with Crippen LogP contribution in [0.25, 0.3) is 0 Å². The van der Waals surface area contributed by atoms with Crippen molar-refractivity contribution in [1.29, 1.82) is 0 Å². The van der Waals surface area contributed by atoms with Crippen molar-refractivity contribution in [3.8, 4) is 0 Å². The Hall–Kier alpha value is -1.77. The van der Waals surface area contributed by atoms with Crippen molar-refractivity contribution in [3.05, 3.63) is 41.0 Å². The first kappa shape index (κ1) is 17.6. The van der Waals surface area contributed by atoms with Gasteiger partial charge < -0.3 is 9.30 Å². The molecular formula is C18H24N4O3S. The van der Waals surface area contributed by atoms with E-state index >= 15 is 0 Å². The molecule has 2 aliphatic rings. The highest BCUT2D eigenvalue weighted by atomic mass is 32.2. The number of methoxy groups -OCH3 is 1. The van der Waals surface area contributed by atoms with Gasteiger partial charge in [0, 0.05) is 26.1 Å². The van der Waals surface area contributed by atoms with Gasteiger partial charge in [-0.2, -0.15) is 0 Å². The molecule has 4 rings (SSSR count). The van der Waals surface area contributed by atoms with Crippen LogP contribution in [0.4, 0.5) is 0 Å². The third-order valence-electron chi connectivity index (χ3n) is 5.30. The van der Waals surface area contributed by atoms with Crippen molar-refractivity contribution in [1.82, 2.24) is 19.5 Å². The van der Waals surface area contributed by atoms with Crippen molar-refractivity contribution in [2.45, 2.75) is 62.6 Å². The predicted molar refractivity (Wildman–Crippen MR) is 96.2 cm³/mol. The minimum Gasteiger partial charge on any atom is -0.377 e. The second-order valence-electron chi connectivity index (χ2n) is 7.05. The number of benzene rings is 1. The molecule has 2 heterocycles. The molecular weight excluding hydrogens is 352 g/mol. The van der Waals surface area contributed by atoms with Crippen molar-refractivity contribution in [3.63, 3.8) is 0 Å². The molecule has 7 nitrogen and oxygen atoms in total. The van der Waals surface area contributed by atoms with Gasteiger partial charge in [-0.1, -0.05) is 6.07 Å². The van der Waals surface area contributed by atoms with Gasteiger partial charge in [0.25, 0.3) is 0 Å². The van der Waals surface area contributed by atoms with Gasteiger partial charge in [0.1, 0.15) is 12.4 Å². The average molecular weight is 376 g/mol. The molecule has 0 spiro atoms. The Morgan fingerprint density at radius 1 is 1.19 bits per heavy atom. The molecule has 0 bridgehead atoms. The maximum atomic E-state index is 12.8. The molecule has 0 radical (unpaired) electrons. The maximum Gasteiger partial charge on any atom is 0.240 e. The number of aryl methyl sites for hydroxylation is 3. The number of rotatable bonds is 5. The van der Waals surface area contributed by atoms with E-state index in [4.69, 9.17) is 4.74 Å². The molecule has 26 heavy (non-hydrogen) atoms. The van der Waals surface area contributed by atoms with Crippen molar-refractivity contribution >= 4 is 10.0 Å². The van der Waals surface area contributed by atoms with Gasteiger partial charge in [-0.25, -0.2) is 13.1 Å². The van der Waals surface area contributed by atoms with E-state index in [2.05, 4.69) is 14.9 Å². The normalized spacial score (nSPS) is 19.8. The minimum atomic E-state index is -3.51. The summed E-state index contributed by atoms with van der Waals surface area (Å²) in [6, 6.07) is 5.43. The predicted octanol–water partition coefficient (Wildman–Crippen LogP) is 1.60. The van der Waals surface area contributed by atoms with Crippen LogP contribution in [-0.4, -0.2) is 36.3 Å². The van der Waals surface area contributed by atoms with Crippen molar-refractivity contribution in [2.75, 3.05) is 7.11 Å². The second-order valence-corrected chi connectivity index (χ2v) is 8.76. The zero-order valence-corrected chi connectivity index (χ0v) is 15.8. The van der Waals surface area contributed by atoms with Gasteiger partial charge in [-0.3, -0.25) is 0 Å². The molecule has 2 aromatic rings. The molecule has 0 saturated carbocycles. The summed E-state index contributed by atoms with van der Waals surface area (Å²) in [5.74, 6) is 1.70. The Kier molecular flexibility index (Phi) is 4.81. The smallest absolute Gasteiger partial charge is 0.240 e. The highest BCUT2D eigenvalue weighted by Gasteiger charge is 2.25. The number of aromatic nitrogens is 3. The van der Waals surface area contributed by atoms with Crippen LogP contribution < -0.4 is 4.72 Å². The van der Waals surface area contributed by atoms with E-state index < -0.39 is 10.0 Å². The summed E-state index contributed by atoms with van der Waals surface area (Å²) in [5.41, 5.74) is 2.45. The Labute approximate surface area is 153 Å². The third kappa shape index (κ3) is 3.41. The summed E-state index contributed by atoms with van der Waals surface area (Å²) >= 11 is 0. The van der Waals surface area contributed by atoms with Crippen LogP contribution in [0.15, 0.2) is 23.1 Å². The molecule has 1 aromatic carbocycles. The first-order valence-corrected chi connectivity index (χ1v) is 10.6. The van der Waals surface area contributed by atoms with E-state index in [1.54, 1.807) is 13.2 Å². The van der Waals surface area contributed by atoms with Crippen LogP contribution in [0.2, 0.25) is 0 Å². The third-order valence-corrected chi connectivity index (χ3v) is 6.82. The van der Waals surface area contributed by atoms with Crippen molar-refractivity contribution in [2.24, 2.45) is 0 Å².